The van der Waals surface area contributed by atoms with E-state index in [-0.39, 0.29) is 23.6 Å². The van der Waals surface area contributed by atoms with Gasteiger partial charge in [0.25, 0.3) is 17.7 Å². The van der Waals surface area contributed by atoms with Crippen molar-refractivity contribution in [2.75, 3.05) is 14.2 Å². The molecule has 1 saturated heterocycles. The van der Waals surface area contributed by atoms with E-state index in [1.165, 1.54) is 0 Å². The highest BCUT2D eigenvalue weighted by molar-refractivity contribution is 6.04. The van der Waals surface area contributed by atoms with Gasteiger partial charge >= 0.3 is 6.03 Å². The molecule has 2 aliphatic heterocycles. The van der Waals surface area contributed by atoms with Crippen molar-refractivity contribution in [1.29, 1.82) is 0 Å². The number of nitrogens with one attached hydrogen (secondary N) is 3. The van der Waals surface area contributed by atoms with Gasteiger partial charge in [-0.05, 0) is 42.7 Å². The van der Waals surface area contributed by atoms with Crippen molar-refractivity contribution < 1.29 is 28.3 Å². The van der Waals surface area contributed by atoms with E-state index < -0.39 is 18.0 Å². The van der Waals surface area contributed by atoms with E-state index in [0.717, 1.165) is 29.7 Å². The Morgan fingerprint density at radius 2 is 1.97 bits per heavy atom. The molecular formula is C24H23N5O6. The van der Waals surface area contributed by atoms with Crippen LogP contribution in [0.2, 0.25) is 0 Å². The predicted molar refractivity (Wildman–Crippen MR) is 123 cm³/mol. The van der Waals surface area contributed by atoms with Gasteiger partial charge in [0.1, 0.15) is 22.7 Å². The van der Waals surface area contributed by atoms with Crippen LogP contribution >= 0.6 is 0 Å². The number of pyridine rings is 1. The first-order chi connectivity index (χ1) is 16.8. The van der Waals surface area contributed by atoms with E-state index in [0.29, 0.717) is 23.3 Å². The van der Waals surface area contributed by atoms with Crippen molar-refractivity contribution in [2.45, 2.75) is 31.5 Å². The molecule has 1 unspecified atom stereocenters. The number of ether oxygens (including phenoxy) is 1. The van der Waals surface area contributed by atoms with Crippen LogP contribution in [0.25, 0.3) is 11.1 Å². The van der Waals surface area contributed by atoms with Crippen LogP contribution in [-0.2, 0) is 11.3 Å². The fourth-order valence-electron chi connectivity index (χ4n) is 3.87. The topological polar surface area (TPSA) is 143 Å². The van der Waals surface area contributed by atoms with Gasteiger partial charge in [-0.25, -0.2) is 9.78 Å². The summed E-state index contributed by atoms with van der Waals surface area (Å²) in [6, 6.07) is 9.19. The summed E-state index contributed by atoms with van der Waals surface area (Å²) in [5.74, 6) is 0.400. The van der Waals surface area contributed by atoms with Crippen molar-refractivity contribution in [3.63, 3.8) is 0 Å². The molecule has 35 heavy (non-hydrogen) atoms. The fraction of sp³-hybridized carbons (Fsp3) is 0.292. The summed E-state index contributed by atoms with van der Waals surface area (Å²) in [6.07, 6.45) is 2.00. The molecule has 0 spiro atoms. The smallest absolute Gasteiger partial charge is 0.322 e. The van der Waals surface area contributed by atoms with Crippen molar-refractivity contribution in [3.8, 4) is 5.75 Å². The molecule has 1 aromatic carbocycles. The Morgan fingerprint density at radius 3 is 2.66 bits per heavy atom. The summed E-state index contributed by atoms with van der Waals surface area (Å²) >= 11 is 0. The van der Waals surface area contributed by atoms with Gasteiger partial charge in [0.05, 0.1) is 7.11 Å². The molecule has 1 atom stereocenters. The molecule has 11 nitrogen and oxygen atoms in total. The standard InChI is InChI=1S/C14H12N4O4.C10H11NO2/c19-12(15-6-1-2-6)7-3-4-9-8(16-7)5-10(22-9)11-13(20)18-14(21)17-11;1-11-6-7-3-4-8(13-2)5-9(7)10(11)12/h3-6,11H,1-2H2,(H,15,19)(H2,17,18,20,21);3-5H,6H2,1-2H3. The number of furan rings is 1. The zero-order valence-corrected chi connectivity index (χ0v) is 19.1. The van der Waals surface area contributed by atoms with E-state index in [1.54, 1.807) is 43.3 Å². The largest absolute Gasteiger partial charge is 0.497 e. The number of amides is 5. The molecule has 0 radical (unpaired) electrons. The zero-order chi connectivity index (χ0) is 24.7. The van der Waals surface area contributed by atoms with E-state index in [1.807, 2.05) is 12.1 Å². The highest BCUT2D eigenvalue weighted by Gasteiger charge is 2.34. The Balaban J connectivity index is 0.000000166. The van der Waals surface area contributed by atoms with Gasteiger partial charge in [-0.2, -0.15) is 0 Å². The summed E-state index contributed by atoms with van der Waals surface area (Å²) in [5.41, 5.74) is 3.06. The lowest BCUT2D eigenvalue weighted by atomic mass is 10.1. The highest BCUT2D eigenvalue weighted by Crippen LogP contribution is 2.26. The first kappa shape index (κ1) is 22.4. The molecule has 3 aromatic rings. The molecule has 5 amide bonds. The predicted octanol–water partition coefficient (Wildman–Crippen LogP) is 1.88. The van der Waals surface area contributed by atoms with Gasteiger partial charge in [-0.15, -0.1) is 0 Å². The lowest BCUT2D eigenvalue weighted by Crippen LogP contribution is -2.26. The van der Waals surface area contributed by atoms with Gasteiger partial charge in [-0.1, -0.05) is 6.07 Å². The summed E-state index contributed by atoms with van der Waals surface area (Å²) in [7, 11) is 3.40. The van der Waals surface area contributed by atoms with Crippen LogP contribution in [0.4, 0.5) is 4.79 Å². The first-order valence-corrected chi connectivity index (χ1v) is 11.1. The normalized spacial score (nSPS) is 18.5. The van der Waals surface area contributed by atoms with Crippen LogP contribution in [0.15, 0.2) is 40.8 Å². The van der Waals surface area contributed by atoms with Crippen molar-refractivity contribution in [3.05, 3.63) is 59.0 Å². The molecule has 6 rings (SSSR count). The maximum Gasteiger partial charge on any atom is 0.322 e. The Bertz CT molecular complexity index is 1360. The van der Waals surface area contributed by atoms with Crippen LogP contribution in [0.3, 0.4) is 0 Å². The number of carbonyl (C=O) groups is 4. The minimum atomic E-state index is -0.870. The van der Waals surface area contributed by atoms with Crippen LogP contribution in [0.5, 0.6) is 5.75 Å². The second-order valence-electron chi connectivity index (χ2n) is 8.56. The molecule has 11 heteroatoms. The van der Waals surface area contributed by atoms with Crippen molar-refractivity contribution in [2.24, 2.45) is 0 Å². The monoisotopic (exact) mass is 477 g/mol. The summed E-state index contributed by atoms with van der Waals surface area (Å²) < 4.78 is 10.6. The van der Waals surface area contributed by atoms with Crippen LogP contribution < -0.4 is 20.7 Å². The Labute approximate surface area is 199 Å². The third-order valence-corrected chi connectivity index (χ3v) is 5.90. The van der Waals surface area contributed by atoms with E-state index >= 15 is 0 Å². The highest BCUT2D eigenvalue weighted by atomic mass is 16.5. The molecule has 2 aromatic heterocycles. The summed E-state index contributed by atoms with van der Waals surface area (Å²) in [4.78, 5) is 52.2. The number of rotatable bonds is 4. The zero-order valence-electron chi connectivity index (χ0n) is 19.1. The minimum Gasteiger partial charge on any atom is -0.497 e. The minimum absolute atomic E-state index is 0.0777. The van der Waals surface area contributed by atoms with E-state index in [4.69, 9.17) is 9.15 Å². The van der Waals surface area contributed by atoms with Gasteiger partial charge in [-0.3, -0.25) is 19.7 Å². The molecule has 3 N–H and O–H groups in total. The third kappa shape index (κ3) is 4.52. The van der Waals surface area contributed by atoms with Crippen molar-refractivity contribution >= 4 is 34.9 Å². The number of nitrogens with zero attached hydrogens (tertiary/aromatic N) is 2. The number of methoxy groups -OCH3 is 1. The molecule has 4 heterocycles. The first-order valence-electron chi connectivity index (χ1n) is 11.1. The molecular weight excluding hydrogens is 454 g/mol. The quantitative estimate of drug-likeness (QED) is 0.487. The Hall–Kier alpha value is -4.41. The van der Waals surface area contributed by atoms with Crippen LogP contribution in [0, 0.1) is 0 Å². The molecule has 0 bridgehead atoms. The van der Waals surface area contributed by atoms with Crippen LogP contribution in [0.1, 0.15) is 51.1 Å². The second-order valence-corrected chi connectivity index (χ2v) is 8.56. The fourth-order valence-corrected chi connectivity index (χ4v) is 3.87. The number of carbonyl (C=O) groups excluding carboxylic acids is 4. The molecule has 2 fully saturated rings. The number of benzene rings is 1. The van der Waals surface area contributed by atoms with E-state index in [9.17, 15) is 19.2 Å². The summed E-state index contributed by atoms with van der Waals surface area (Å²) in [6.45, 7) is 0.707. The van der Waals surface area contributed by atoms with Gasteiger partial charge in [0.15, 0.2) is 11.6 Å². The Morgan fingerprint density at radius 1 is 1.17 bits per heavy atom. The van der Waals surface area contributed by atoms with Gasteiger partial charge in [0, 0.05) is 31.3 Å². The number of aromatic nitrogens is 1. The number of fused-ring (bicyclic) bond motifs is 2. The SMILES string of the molecule is COc1ccc2c(c1)C(=O)N(C)C2.O=C1NC(=O)C(c2cc3nc(C(=O)NC4CC4)ccc3o2)N1. The number of imide groups is 1. The number of urea groups is 1. The van der Waals surface area contributed by atoms with Gasteiger partial charge < -0.3 is 24.7 Å². The summed E-state index contributed by atoms with van der Waals surface area (Å²) in [5, 5.41) is 7.44. The second kappa shape index (κ2) is 8.75. The molecule has 1 saturated carbocycles. The lowest BCUT2D eigenvalue weighted by molar-refractivity contribution is -0.120. The average molecular weight is 477 g/mol. The Kier molecular flexibility index (Phi) is 5.59. The molecule has 1 aliphatic carbocycles. The van der Waals surface area contributed by atoms with Crippen molar-refractivity contribution in [1.82, 2.24) is 25.8 Å². The van der Waals surface area contributed by atoms with Gasteiger partial charge in [0.2, 0.25) is 0 Å². The average Bonchev–Trinajstić information content (AvgIpc) is 3.34. The lowest BCUT2D eigenvalue weighted by Gasteiger charge is -2.04. The third-order valence-electron chi connectivity index (χ3n) is 5.90. The van der Waals surface area contributed by atoms with Crippen LogP contribution in [-0.4, -0.2) is 53.8 Å². The molecule has 180 valence electrons. The maximum atomic E-state index is 12.0. The maximum absolute atomic E-state index is 12.0. The number of hydrogen-bond donors (Lipinski definition) is 3. The molecule has 3 aliphatic rings. The number of hydrogen-bond acceptors (Lipinski definition) is 7. The van der Waals surface area contributed by atoms with E-state index in [2.05, 4.69) is 20.9 Å².